The van der Waals surface area contributed by atoms with E-state index >= 15 is 0 Å². The Labute approximate surface area is 161 Å². The van der Waals surface area contributed by atoms with E-state index in [-0.39, 0.29) is 5.91 Å². The second-order valence-corrected chi connectivity index (χ2v) is 8.38. The van der Waals surface area contributed by atoms with Gasteiger partial charge in [-0.05, 0) is 63.3 Å². The molecule has 4 nitrogen and oxygen atoms in total. The fourth-order valence-electron chi connectivity index (χ4n) is 3.00. The van der Waals surface area contributed by atoms with Gasteiger partial charge in [0.2, 0.25) is 0 Å². The summed E-state index contributed by atoms with van der Waals surface area (Å²) >= 11 is 4.98. The Morgan fingerprint density at radius 1 is 1.20 bits per heavy atom. The molecule has 0 spiro atoms. The average molecular weight is 420 g/mol. The lowest BCUT2D eigenvalue weighted by atomic mass is 10.0. The first-order valence-corrected chi connectivity index (χ1v) is 9.99. The molecular formula is C19H22BrN3OS. The highest BCUT2D eigenvalue weighted by atomic mass is 79.9. The maximum absolute atomic E-state index is 13.0. The third-order valence-electron chi connectivity index (χ3n) is 4.51. The van der Waals surface area contributed by atoms with Crippen LogP contribution in [0.3, 0.4) is 0 Å². The summed E-state index contributed by atoms with van der Waals surface area (Å²) in [5.41, 5.74) is 0.693. The summed E-state index contributed by atoms with van der Waals surface area (Å²) in [4.78, 5) is 22.7. The predicted molar refractivity (Wildman–Crippen MR) is 105 cm³/mol. The quantitative estimate of drug-likeness (QED) is 0.744. The van der Waals surface area contributed by atoms with Crippen molar-refractivity contribution in [3.8, 4) is 0 Å². The van der Waals surface area contributed by atoms with E-state index in [9.17, 15) is 4.79 Å². The molecule has 25 heavy (non-hydrogen) atoms. The molecule has 1 aliphatic heterocycles. The van der Waals surface area contributed by atoms with Crippen LogP contribution >= 0.6 is 27.7 Å². The van der Waals surface area contributed by atoms with Crippen LogP contribution in [0.1, 0.15) is 23.2 Å². The largest absolute Gasteiger partial charge is 0.338 e. The van der Waals surface area contributed by atoms with Crippen molar-refractivity contribution in [1.29, 1.82) is 0 Å². The van der Waals surface area contributed by atoms with Crippen LogP contribution in [0.2, 0.25) is 0 Å². The van der Waals surface area contributed by atoms with Gasteiger partial charge in [-0.25, -0.2) is 4.98 Å². The highest BCUT2D eigenvalue weighted by Crippen LogP contribution is 2.30. The standard InChI is InChI=1S/C19H22BrN3OS/c1-22(2)15-9-12-23(13-10-15)19(24)17-4-3-11-21-18(17)25-16-7-5-14(20)6-8-16/h3-8,11,15H,9-10,12-13H2,1-2H3. The van der Waals surface area contributed by atoms with Gasteiger partial charge in [0.1, 0.15) is 5.03 Å². The zero-order valence-corrected chi connectivity index (χ0v) is 16.9. The lowest BCUT2D eigenvalue weighted by molar-refractivity contribution is 0.0659. The zero-order valence-electron chi connectivity index (χ0n) is 14.5. The van der Waals surface area contributed by atoms with Gasteiger partial charge in [-0.15, -0.1) is 0 Å². The minimum atomic E-state index is 0.0879. The molecule has 3 rings (SSSR count). The molecule has 1 fully saturated rings. The first kappa shape index (κ1) is 18.4. The van der Waals surface area contributed by atoms with E-state index in [2.05, 4.69) is 39.9 Å². The molecular weight excluding hydrogens is 398 g/mol. The molecule has 2 heterocycles. The van der Waals surface area contributed by atoms with Crippen LogP contribution in [-0.2, 0) is 0 Å². The number of hydrogen-bond acceptors (Lipinski definition) is 4. The number of piperidine rings is 1. The third kappa shape index (κ3) is 4.63. The van der Waals surface area contributed by atoms with Crippen molar-refractivity contribution >= 4 is 33.6 Å². The molecule has 1 aromatic heterocycles. The van der Waals surface area contributed by atoms with Gasteiger partial charge in [-0.1, -0.05) is 27.7 Å². The maximum atomic E-state index is 13.0. The number of aromatic nitrogens is 1. The van der Waals surface area contributed by atoms with Crippen molar-refractivity contribution in [2.24, 2.45) is 0 Å². The van der Waals surface area contributed by atoms with Crippen LogP contribution in [0.5, 0.6) is 0 Å². The van der Waals surface area contributed by atoms with Crippen molar-refractivity contribution in [3.05, 3.63) is 52.6 Å². The average Bonchev–Trinajstić information content (AvgIpc) is 2.63. The summed E-state index contributed by atoms with van der Waals surface area (Å²) in [5.74, 6) is 0.0879. The second-order valence-electron chi connectivity index (χ2n) is 6.40. The van der Waals surface area contributed by atoms with E-state index in [0.29, 0.717) is 11.6 Å². The first-order valence-electron chi connectivity index (χ1n) is 8.39. The van der Waals surface area contributed by atoms with Crippen LogP contribution < -0.4 is 0 Å². The molecule has 0 bridgehead atoms. The topological polar surface area (TPSA) is 36.4 Å². The summed E-state index contributed by atoms with van der Waals surface area (Å²) in [7, 11) is 4.21. The molecule has 0 radical (unpaired) electrons. The van der Waals surface area contributed by atoms with Crippen LogP contribution in [-0.4, -0.2) is 53.9 Å². The summed E-state index contributed by atoms with van der Waals surface area (Å²) < 4.78 is 1.04. The van der Waals surface area contributed by atoms with Crippen LogP contribution in [0, 0.1) is 0 Å². The van der Waals surface area contributed by atoms with Crippen molar-refractivity contribution in [2.75, 3.05) is 27.2 Å². The Morgan fingerprint density at radius 2 is 1.88 bits per heavy atom. The number of rotatable bonds is 4. The lowest BCUT2D eigenvalue weighted by Gasteiger charge is -2.35. The molecule has 0 aliphatic carbocycles. The lowest BCUT2D eigenvalue weighted by Crippen LogP contribution is -2.44. The number of carbonyl (C=O) groups is 1. The van der Waals surface area contributed by atoms with Gasteiger partial charge >= 0.3 is 0 Å². The van der Waals surface area contributed by atoms with E-state index in [1.165, 1.54) is 11.8 Å². The SMILES string of the molecule is CN(C)C1CCN(C(=O)c2cccnc2Sc2ccc(Br)cc2)CC1. The molecule has 1 saturated heterocycles. The molecule has 1 amide bonds. The van der Waals surface area contributed by atoms with Crippen LogP contribution in [0.4, 0.5) is 0 Å². The van der Waals surface area contributed by atoms with Gasteiger partial charge in [0.05, 0.1) is 5.56 Å². The molecule has 2 aromatic rings. The molecule has 6 heteroatoms. The van der Waals surface area contributed by atoms with Gasteiger partial charge in [0, 0.05) is 34.7 Å². The Balaban J connectivity index is 1.74. The van der Waals surface area contributed by atoms with Gasteiger partial charge in [0.25, 0.3) is 5.91 Å². The number of benzene rings is 1. The minimum Gasteiger partial charge on any atom is -0.338 e. The molecule has 1 aromatic carbocycles. The van der Waals surface area contributed by atoms with E-state index in [0.717, 1.165) is 40.3 Å². The van der Waals surface area contributed by atoms with E-state index in [1.807, 2.05) is 41.3 Å². The van der Waals surface area contributed by atoms with Gasteiger partial charge in [-0.2, -0.15) is 0 Å². The fraction of sp³-hybridized carbons (Fsp3) is 0.368. The summed E-state index contributed by atoms with van der Waals surface area (Å²) in [6, 6.07) is 12.3. The molecule has 0 unspecified atom stereocenters. The number of amides is 1. The summed E-state index contributed by atoms with van der Waals surface area (Å²) in [5, 5.41) is 0.768. The summed E-state index contributed by atoms with van der Waals surface area (Å²) in [6.45, 7) is 1.61. The number of hydrogen-bond donors (Lipinski definition) is 0. The van der Waals surface area contributed by atoms with E-state index < -0.39 is 0 Å². The maximum Gasteiger partial charge on any atom is 0.256 e. The van der Waals surface area contributed by atoms with Gasteiger partial charge < -0.3 is 9.80 Å². The second kappa shape index (κ2) is 8.34. The third-order valence-corrected chi connectivity index (χ3v) is 6.07. The number of likely N-dealkylation sites (tertiary alicyclic amines) is 1. The van der Waals surface area contributed by atoms with E-state index in [4.69, 9.17) is 0 Å². The van der Waals surface area contributed by atoms with Gasteiger partial charge in [-0.3, -0.25) is 4.79 Å². The monoisotopic (exact) mass is 419 g/mol. The first-order chi connectivity index (χ1) is 12.0. The normalized spacial score (nSPS) is 15.6. The number of pyridine rings is 1. The fourth-order valence-corrected chi connectivity index (χ4v) is 4.14. The van der Waals surface area contributed by atoms with Crippen molar-refractivity contribution < 1.29 is 4.79 Å². The van der Waals surface area contributed by atoms with Gasteiger partial charge in [0.15, 0.2) is 0 Å². The number of carbonyl (C=O) groups excluding carboxylic acids is 1. The number of halogens is 1. The Kier molecular flexibility index (Phi) is 6.15. The van der Waals surface area contributed by atoms with Crippen LogP contribution in [0.25, 0.3) is 0 Å². The van der Waals surface area contributed by atoms with Crippen molar-refractivity contribution in [2.45, 2.75) is 28.8 Å². The Morgan fingerprint density at radius 3 is 2.52 bits per heavy atom. The Bertz CT molecular complexity index is 728. The Hall–Kier alpha value is -1.37. The molecule has 132 valence electrons. The smallest absolute Gasteiger partial charge is 0.256 e. The number of nitrogens with zero attached hydrogens (tertiary/aromatic N) is 3. The highest BCUT2D eigenvalue weighted by Gasteiger charge is 2.26. The van der Waals surface area contributed by atoms with Crippen molar-refractivity contribution in [3.63, 3.8) is 0 Å². The van der Waals surface area contributed by atoms with Crippen molar-refractivity contribution in [1.82, 2.24) is 14.8 Å². The highest BCUT2D eigenvalue weighted by molar-refractivity contribution is 9.10. The predicted octanol–water partition coefficient (Wildman–Crippen LogP) is 4.16. The molecule has 0 atom stereocenters. The summed E-state index contributed by atoms with van der Waals surface area (Å²) in [6.07, 6.45) is 3.79. The molecule has 0 N–H and O–H groups in total. The minimum absolute atomic E-state index is 0.0879. The van der Waals surface area contributed by atoms with Crippen LogP contribution in [0.15, 0.2) is 57.0 Å². The molecule has 0 saturated carbocycles. The molecule has 1 aliphatic rings. The zero-order chi connectivity index (χ0) is 17.8. The van der Waals surface area contributed by atoms with E-state index in [1.54, 1.807) is 6.20 Å².